The van der Waals surface area contributed by atoms with Crippen LogP contribution >= 0.6 is 0 Å². The van der Waals surface area contributed by atoms with Crippen LogP contribution in [0.4, 0.5) is 0 Å². The molecule has 1 saturated heterocycles. The molecule has 0 amide bonds. The Morgan fingerprint density at radius 3 is 1.80 bits per heavy atom. The summed E-state index contributed by atoms with van der Waals surface area (Å²) >= 11 is 0. The molecular weight excluding hydrogens is 448 g/mol. The third kappa shape index (κ3) is 6.54. The average molecular weight is 479 g/mol. The van der Waals surface area contributed by atoms with E-state index < -0.39 is 36.7 Å². The predicted molar refractivity (Wildman–Crippen MR) is 128 cm³/mol. The van der Waals surface area contributed by atoms with Crippen LogP contribution in [-0.4, -0.2) is 55.5 Å². The first-order chi connectivity index (χ1) is 17.2. The number of carbonyl (C=O) groups excluding carboxylic acids is 1. The number of rotatable bonds is 10. The number of esters is 1. The lowest BCUT2D eigenvalue weighted by Gasteiger charge is -2.44. The molecule has 3 aromatic carbocycles. The Morgan fingerprint density at radius 2 is 1.29 bits per heavy atom. The highest BCUT2D eigenvalue weighted by Crippen LogP contribution is 2.30. The molecule has 1 aliphatic heterocycles. The number of hydrogen-bond acceptors (Lipinski definition) is 7. The second kappa shape index (κ2) is 12.6. The van der Waals surface area contributed by atoms with Crippen LogP contribution in [0.1, 0.15) is 21.5 Å². The van der Waals surface area contributed by atoms with Crippen LogP contribution in [0, 0.1) is 0 Å². The molecule has 0 spiro atoms. The summed E-state index contributed by atoms with van der Waals surface area (Å²) in [6.45, 7) is 0.210. The van der Waals surface area contributed by atoms with E-state index in [0.29, 0.717) is 5.56 Å². The zero-order chi connectivity index (χ0) is 24.5. The highest BCUT2D eigenvalue weighted by molar-refractivity contribution is 5.89. The Balaban J connectivity index is 1.60. The summed E-state index contributed by atoms with van der Waals surface area (Å²) in [6, 6.07) is 28.0. The number of aliphatic hydroxyl groups is 1. The quantitative estimate of drug-likeness (QED) is 0.445. The minimum atomic E-state index is -0.947. The molecule has 35 heavy (non-hydrogen) atoms. The van der Waals surface area contributed by atoms with Crippen molar-refractivity contribution in [2.45, 2.75) is 43.9 Å². The molecule has 0 unspecified atom stereocenters. The first-order valence-corrected chi connectivity index (χ1v) is 11.6. The molecule has 0 saturated carbocycles. The second-order valence-corrected chi connectivity index (χ2v) is 8.22. The van der Waals surface area contributed by atoms with Gasteiger partial charge in [-0.2, -0.15) is 0 Å². The van der Waals surface area contributed by atoms with Crippen LogP contribution in [0.15, 0.2) is 91.0 Å². The van der Waals surface area contributed by atoms with Gasteiger partial charge >= 0.3 is 5.97 Å². The number of aliphatic hydroxyl groups excluding tert-OH is 1. The van der Waals surface area contributed by atoms with Gasteiger partial charge in [0.15, 0.2) is 12.4 Å². The third-order valence-electron chi connectivity index (χ3n) is 5.83. The van der Waals surface area contributed by atoms with Gasteiger partial charge in [0.2, 0.25) is 0 Å². The van der Waals surface area contributed by atoms with Crippen molar-refractivity contribution in [2.24, 2.45) is 0 Å². The summed E-state index contributed by atoms with van der Waals surface area (Å²) in [5.74, 6) is -0.529. The lowest BCUT2D eigenvalue weighted by Crippen LogP contribution is -2.61. The number of methoxy groups -OCH3 is 1. The smallest absolute Gasteiger partial charge is 0.338 e. The minimum Gasteiger partial charge on any atom is -0.450 e. The Hall–Kier alpha value is -3.07. The molecule has 1 aliphatic rings. The lowest BCUT2D eigenvalue weighted by molar-refractivity contribution is -0.310. The van der Waals surface area contributed by atoms with Crippen molar-refractivity contribution < 1.29 is 33.6 Å². The molecule has 7 nitrogen and oxygen atoms in total. The van der Waals surface area contributed by atoms with Crippen molar-refractivity contribution in [3.05, 3.63) is 108 Å². The molecule has 184 valence electrons. The van der Waals surface area contributed by atoms with E-state index in [1.807, 2.05) is 66.7 Å². The van der Waals surface area contributed by atoms with Gasteiger partial charge in [-0.05, 0) is 23.3 Å². The van der Waals surface area contributed by atoms with Gasteiger partial charge in [0.05, 0.1) is 25.4 Å². The van der Waals surface area contributed by atoms with Crippen molar-refractivity contribution >= 4 is 5.97 Å². The molecule has 0 radical (unpaired) electrons. The van der Waals surface area contributed by atoms with Gasteiger partial charge in [0.1, 0.15) is 18.3 Å². The predicted octanol–water partition coefficient (Wildman–Crippen LogP) is 3.75. The topological polar surface area (TPSA) is 83.5 Å². The molecular formula is C28H30O7. The standard InChI is InChI=1S/C28H30O7/c1-31-28-26(35-27(30)22-15-9-4-10-16-22)25(33-19-21-13-7-3-8-14-21)24(23(17-29)34-28)32-18-20-11-5-2-6-12-20/h2-16,23-26,28-29H,17-19H2,1H3/t23-,24-,25+,26-,28+/m1/s1. The zero-order valence-corrected chi connectivity index (χ0v) is 19.6. The highest BCUT2D eigenvalue weighted by atomic mass is 16.7. The molecule has 0 bridgehead atoms. The Morgan fingerprint density at radius 1 is 0.771 bits per heavy atom. The Labute approximate surface area is 205 Å². The third-order valence-corrected chi connectivity index (χ3v) is 5.83. The van der Waals surface area contributed by atoms with Crippen molar-refractivity contribution in [2.75, 3.05) is 13.7 Å². The van der Waals surface area contributed by atoms with E-state index in [9.17, 15) is 9.90 Å². The normalized spacial score (nSPS) is 24.1. The summed E-state index contributed by atoms with van der Waals surface area (Å²) in [7, 11) is 1.46. The fourth-order valence-electron chi connectivity index (χ4n) is 4.03. The van der Waals surface area contributed by atoms with E-state index >= 15 is 0 Å². The number of carbonyl (C=O) groups is 1. The van der Waals surface area contributed by atoms with E-state index in [4.69, 9.17) is 23.7 Å². The van der Waals surface area contributed by atoms with E-state index in [0.717, 1.165) is 11.1 Å². The molecule has 1 N–H and O–H groups in total. The first kappa shape index (κ1) is 25.0. The highest BCUT2D eigenvalue weighted by Gasteiger charge is 2.50. The van der Waals surface area contributed by atoms with Gasteiger partial charge in [-0.15, -0.1) is 0 Å². The van der Waals surface area contributed by atoms with Crippen LogP contribution in [-0.2, 0) is 36.9 Å². The number of benzene rings is 3. The van der Waals surface area contributed by atoms with Gasteiger partial charge in [0.25, 0.3) is 0 Å². The SMILES string of the molecule is CO[C@H]1O[C@H](CO)[C@@H](OCc2ccccc2)[C@H](OCc2ccccc2)[C@H]1OC(=O)c1ccccc1. The summed E-state index contributed by atoms with van der Waals surface area (Å²) < 4.78 is 29.9. The van der Waals surface area contributed by atoms with Crippen molar-refractivity contribution in [3.63, 3.8) is 0 Å². The van der Waals surface area contributed by atoms with Crippen LogP contribution in [0.2, 0.25) is 0 Å². The Kier molecular flexibility index (Phi) is 9.00. The minimum absolute atomic E-state index is 0.255. The maximum atomic E-state index is 13.0. The molecule has 4 rings (SSSR count). The fourth-order valence-corrected chi connectivity index (χ4v) is 4.03. The summed E-state index contributed by atoms with van der Waals surface area (Å²) in [5.41, 5.74) is 2.30. The van der Waals surface area contributed by atoms with Crippen molar-refractivity contribution in [1.29, 1.82) is 0 Å². The van der Waals surface area contributed by atoms with E-state index in [-0.39, 0.29) is 19.8 Å². The molecule has 1 fully saturated rings. The molecule has 0 aromatic heterocycles. The number of ether oxygens (including phenoxy) is 5. The van der Waals surface area contributed by atoms with Gasteiger partial charge in [-0.3, -0.25) is 0 Å². The second-order valence-electron chi connectivity index (χ2n) is 8.22. The first-order valence-electron chi connectivity index (χ1n) is 11.6. The molecule has 3 aromatic rings. The summed E-state index contributed by atoms with van der Waals surface area (Å²) in [6.07, 6.45) is -4.10. The van der Waals surface area contributed by atoms with Crippen molar-refractivity contribution in [1.82, 2.24) is 0 Å². The molecule has 7 heteroatoms. The van der Waals surface area contributed by atoms with E-state index in [1.165, 1.54) is 7.11 Å². The fraction of sp³-hybridized carbons (Fsp3) is 0.321. The monoisotopic (exact) mass is 478 g/mol. The van der Waals surface area contributed by atoms with Crippen LogP contribution in [0.5, 0.6) is 0 Å². The average Bonchev–Trinajstić information content (AvgIpc) is 2.92. The van der Waals surface area contributed by atoms with Crippen LogP contribution in [0.25, 0.3) is 0 Å². The number of hydrogen-bond donors (Lipinski definition) is 1. The summed E-state index contributed by atoms with van der Waals surface area (Å²) in [4.78, 5) is 13.0. The zero-order valence-electron chi connectivity index (χ0n) is 19.6. The maximum Gasteiger partial charge on any atom is 0.338 e. The van der Waals surface area contributed by atoms with Crippen LogP contribution in [0.3, 0.4) is 0 Å². The largest absolute Gasteiger partial charge is 0.450 e. The van der Waals surface area contributed by atoms with E-state index in [2.05, 4.69) is 0 Å². The van der Waals surface area contributed by atoms with Gasteiger partial charge in [-0.25, -0.2) is 4.79 Å². The lowest BCUT2D eigenvalue weighted by atomic mass is 9.98. The van der Waals surface area contributed by atoms with E-state index in [1.54, 1.807) is 24.3 Å². The summed E-state index contributed by atoms with van der Waals surface area (Å²) in [5, 5.41) is 10.1. The molecule has 1 heterocycles. The van der Waals surface area contributed by atoms with Crippen molar-refractivity contribution in [3.8, 4) is 0 Å². The van der Waals surface area contributed by atoms with Crippen LogP contribution < -0.4 is 0 Å². The van der Waals surface area contributed by atoms with Gasteiger partial charge in [0, 0.05) is 7.11 Å². The van der Waals surface area contributed by atoms with Gasteiger partial charge < -0.3 is 28.8 Å². The maximum absolute atomic E-state index is 13.0. The van der Waals surface area contributed by atoms with Gasteiger partial charge in [-0.1, -0.05) is 78.9 Å². The Bertz CT molecular complexity index is 1030. The molecule has 5 atom stereocenters. The molecule has 0 aliphatic carbocycles.